The van der Waals surface area contributed by atoms with E-state index in [0.717, 1.165) is 25.5 Å². The first-order chi connectivity index (χ1) is 9.75. The van der Waals surface area contributed by atoms with Crippen molar-refractivity contribution in [3.05, 3.63) is 35.9 Å². The van der Waals surface area contributed by atoms with E-state index >= 15 is 0 Å². The molecular weight excluding hydrogens is 250 g/mol. The Labute approximate surface area is 122 Å². The average molecular weight is 277 g/mol. The van der Waals surface area contributed by atoms with Gasteiger partial charge in [0.15, 0.2) is 0 Å². The van der Waals surface area contributed by atoms with E-state index in [9.17, 15) is 5.11 Å². The maximum Gasteiger partial charge on any atom is 0.0897 e. The number of hydrogen-bond acceptors (Lipinski definition) is 3. The molecule has 0 radical (unpaired) electrons. The van der Waals surface area contributed by atoms with Gasteiger partial charge in [0.1, 0.15) is 0 Å². The smallest absolute Gasteiger partial charge is 0.0897 e. The van der Waals surface area contributed by atoms with Crippen LogP contribution in [-0.2, 0) is 4.74 Å². The number of rotatable bonds is 10. The number of benzene rings is 1. The molecule has 1 saturated carbocycles. The zero-order chi connectivity index (χ0) is 14.2. The second-order valence-corrected chi connectivity index (χ2v) is 5.94. The highest BCUT2D eigenvalue weighted by atomic mass is 16.5. The van der Waals surface area contributed by atoms with Crippen LogP contribution in [0.5, 0.6) is 0 Å². The summed E-state index contributed by atoms with van der Waals surface area (Å²) in [6.07, 6.45) is 3.29. The van der Waals surface area contributed by atoms with Crippen molar-refractivity contribution >= 4 is 0 Å². The maximum absolute atomic E-state index is 9.78. The van der Waals surface area contributed by atoms with Gasteiger partial charge in [0.2, 0.25) is 0 Å². The van der Waals surface area contributed by atoms with Crippen LogP contribution in [0.25, 0.3) is 0 Å². The molecule has 2 unspecified atom stereocenters. The lowest BCUT2D eigenvalue weighted by Crippen LogP contribution is -2.31. The van der Waals surface area contributed by atoms with Gasteiger partial charge in [0.05, 0.1) is 12.7 Å². The van der Waals surface area contributed by atoms with Gasteiger partial charge in [-0.15, -0.1) is 0 Å². The van der Waals surface area contributed by atoms with Gasteiger partial charge in [-0.2, -0.15) is 0 Å². The lowest BCUT2D eigenvalue weighted by molar-refractivity contribution is 0.0326. The summed E-state index contributed by atoms with van der Waals surface area (Å²) < 4.78 is 5.48. The third kappa shape index (κ3) is 6.04. The molecule has 1 aromatic carbocycles. The third-order valence-corrected chi connectivity index (χ3v) is 3.86. The molecule has 1 aromatic rings. The minimum atomic E-state index is -0.388. The van der Waals surface area contributed by atoms with Crippen LogP contribution >= 0.6 is 0 Å². The molecule has 1 aliphatic carbocycles. The van der Waals surface area contributed by atoms with E-state index in [1.54, 1.807) is 0 Å². The summed E-state index contributed by atoms with van der Waals surface area (Å²) in [6.45, 7) is 5.06. The van der Waals surface area contributed by atoms with E-state index in [1.807, 2.05) is 6.07 Å². The van der Waals surface area contributed by atoms with Crippen molar-refractivity contribution in [3.8, 4) is 0 Å². The summed E-state index contributed by atoms with van der Waals surface area (Å²) in [6, 6.07) is 10.6. The van der Waals surface area contributed by atoms with Gasteiger partial charge in [-0.25, -0.2) is 0 Å². The molecule has 3 heteroatoms. The molecule has 0 heterocycles. The molecule has 3 nitrogen and oxygen atoms in total. The van der Waals surface area contributed by atoms with Crippen LogP contribution in [0.4, 0.5) is 0 Å². The Morgan fingerprint density at radius 1 is 1.30 bits per heavy atom. The topological polar surface area (TPSA) is 41.5 Å². The highest BCUT2D eigenvalue weighted by molar-refractivity contribution is 5.18. The number of aliphatic hydroxyl groups excluding tert-OH is 1. The minimum Gasteiger partial charge on any atom is -0.389 e. The van der Waals surface area contributed by atoms with Gasteiger partial charge in [-0.3, -0.25) is 0 Å². The summed E-state index contributed by atoms with van der Waals surface area (Å²) in [5, 5.41) is 13.1. The highest BCUT2D eigenvalue weighted by Gasteiger charge is 2.21. The molecule has 0 bridgehead atoms. The Balaban J connectivity index is 1.49. The van der Waals surface area contributed by atoms with Crippen molar-refractivity contribution in [3.63, 3.8) is 0 Å². The molecule has 0 saturated heterocycles. The highest BCUT2D eigenvalue weighted by Crippen LogP contribution is 2.28. The van der Waals surface area contributed by atoms with Crippen LogP contribution in [0, 0.1) is 5.92 Å². The van der Waals surface area contributed by atoms with E-state index in [1.165, 1.54) is 18.4 Å². The Bertz CT molecular complexity index is 365. The van der Waals surface area contributed by atoms with Gasteiger partial charge < -0.3 is 15.2 Å². The van der Waals surface area contributed by atoms with E-state index in [2.05, 4.69) is 36.5 Å². The summed E-state index contributed by atoms with van der Waals surface area (Å²) >= 11 is 0. The Hall–Kier alpha value is -0.900. The first kappa shape index (κ1) is 15.5. The lowest BCUT2D eigenvalue weighted by atomic mass is 9.98. The molecule has 2 rings (SSSR count). The first-order valence-electron chi connectivity index (χ1n) is 7.77. The van der Waals surface area contributed by atoms with Crippen LogP contribution < -0.4 is 5.32 Å². The molecule has 1 fully saturated rings. The molecular formula is C17H27NO2. The molecule has 20 heavy (non-hydrogen) atoms. The fraction of sp³-hybridized carbons (Fsp3) is 0.647. The minimum absolute atomic E-state index is 0.388. The van der Waals surface area contributed by atoms with Crippen molar-refractivity contribution in [1.29, 1.82) is 0 Å². The molecule has 0 spiro atoms. The second-order valence-electron chi connectivity index (χ2n) is 5.94. The van der Waals surface area contributed by atoms with Crippen LogP contribution in [0.2, 0.25) is 0 Å². The fourth-order valence-corrected chi connectivity index (χ4v) is 2.25. The monoisotopic (exact) mass is 277 g/mol. The Morgan fingerprint density at radius 3 is 2.75 bits per heavy atom. The van der Waals surface area contributed by atoms with Crippen LogP contribution in [0.1, 0.15) is 37.7 Å². The molecule has 1 aliphatic rings. The summed E-state index contributed by atoms with van der Waals surface area (Å²) in [5.74, 6) is 1.31. The van der Waals surface area contributed by atoms with Crippen molar-refractivity contribution < 1.29 is 9.84 Å². The SMILES string of the molecule is CC(CCNCC(O)COCC1CC1)c1ccccc1. The number of ether oxygens (including phenoxy) is 1. The zero-order valence-corrected chi connectivity index (χ0v) is 12.4. The van der Waals surface area contributed by atoms with Crippen molar-refractivity contribution in [2.75, 3.05) is 26.3 Å². The van der Waals surface area contributed by atoms with E-state index < -0.39 is 0 Å². The average Bonchev–Trinajstić information content (AvgIpc) is 3.28. The van der Waals surface area contributed by atoms with Crippen molar-refractivity contribution in [1.82, 2.24) is 5.32 Å². The van der Waals surface area contributed by atoms with Crippen LogP contribution in [0.3, 0.4) is 0 Å². The summed E-state index contributed by atoms with van der Waals surface area (Å²) in [5.41, 5.74) is 1.38. The third-order valence-electron chi connectivity index (χ3n) is 3.86. The lowest BCUT2D eigenvalue weighted by Gasteiger charge is -2.15. The zero-order valence-electron chi connectivity index (χ0n) is 12.4. The number of aliphatic hydroxyl groups is 1. The van der Waals surface area contributed by atoms with Crippen LogP contribution in [-0.4, -0.2) is 37.5 Å². The molecule has 0 aromatic heterocycles. The van der Waals surface area contributed by atoms with Crippen LogP contribution in [0.15, 0.2) is 30.3 Å². The maximum atomic E-state index is 9.78. The van der Waals surface area contributed by atoms with Gasteiger partial charge in [0, 0.05) is 13.2 Å². The normalized spacial score (nSPS) is 17.9. The quantitative estimate of drug-likeness (QED) is 0.646. The van der Waals surface area contributed by atoms with E-state index in [0.29, 0.717) is 19.1 Å². The Morgan fingerprint density at radius 2 is 2.05 bits per heavy atom. The van der Waals surface area contributed by atoms with Gasteiger partial charge in [-0.05, 0) is 43.2 Å². The second kappa shape index (κ2) is 8.40. The number of nitrogens with one attached hydrogen (secondary N) is 1. The van der Waals surface area contributed by atoms with Crippen molar-refractivity contribution in [2.45, 2.75) is 38.2 Å². The molecule has 2 N–H and O–H groups in total. The van der Waals surface area contributed by atoms with Gasteiger partial charge >= 0.3 is 0 Å². The summed E-state index contributed by atoms with van der Waals surface area (Å²) in [7, 11) is 0. The van der Waals surface area contributed by atoms with Crippen molar-refractivity contribution in [2.24, 2.45) is 5.92 Å². The Kier molecular flexibility index (Phi) is 6.51. The predicted molar refractivity (Wildman–Crippen MR) is 81.9 cm³/mol. The largest absolute Gasteiger partial charge is 0.389 e. The standard InChI is InChI=1S/C17H27NO2/c1-14(16-5-3-2-4-6-16)9-10-18-11-17(19)13-20-12-15-7-8-15/h2-6,14-15,17-19H,7-13H2,1H3. The van der Waals surface area contributed by atoms with Gasteiger partial charge in [0.25, 0.3) is 0 Å². The van der Waals surface area contributed by atoms with E-state index in [4.69, 9.17) is 4.74 Å². The fourth-order valence-electron chi connectivity index (χ4n) is 2.25. The predicted octanol–water partition coefficient (Wildman–Crippen LogP) is 2.56. The first-order valence-corrected chi connectivity index (χ1v) is 7.77. The molecule has 112 valence electrons. The van der Waals surface area contributed by atoms with Gasteiger partial charge in [-0.1, -0.05) is 37.3 Å². The molecule has 0 aliphatic heterocycles. The number of hydrogen-bond donors (Lipinski definition) is 2. The molecule has 2 atom stereocenters. The molecule has 0 amide bonds. The van der Waals surface area contributed by atoms with E-state index in [-0.39, 0.29) is 6.10 Å². The summed E-state index contributed by atoms with van der Waals surface area (Å²) in [4.78, 5) is 0.